The molecule has 1 unspecified atom stereocenters. The van der Waals surface area contributed by atoms with Crippen molar-refractivity contribution in [3.05, 3.63) is 33.4 Å². The molecule has 2 rings (SSSR count). The van der Waals surface area contributed by atoms with Gasteiger partial charge in [0.05, 0.1) is 19.3 Å². The van der Waals surface area contributed by atoms with E-state index in [-0.39, 0.29) is 24.4 Å². The lowest BCUT2D eigenvalue weighted by Gasteiger charge is -2.39. The second-order valence-electron chi connectivity index (χ2n) is 5.76. The maximum atomic E-state index is 9.92. The third-order valence-corrected chi connectivity index (χ3v) is 4.20. The average Bonchev–Trinajstić information content (AvgIpc) is 2.46. The van der Waals surface area contributed by atoms with E-state index in [2.05, 4.69) is 22.6 Å². The molecule has 0 aromatic heterocycles. The molecule has 5 heteroatoms. The summed E-state index contributed by atoms with van der Waals surface area (Å²) in [5.74, 6) is 0.253. The van der Waals surface area contributed by atoms with Crippen LogP contribution in [0.4, 0.5) is 0 Å². The lowest BCUT2D eigenvalue weighted by atomic mass is 10.1. The number of benzene rings is 1. The summed E-state index contributed by atoms with van der Waals surface area (Å²) in [6.07, 6.45) is -1.46. The highest BCUT2D eigenvalue weighted by Crippen LogP contribution is 2.24. The Morgan fingerprint density at radius 3 is 2.52 bits per heavy atom. The van der Waals surface area contributed by atoms with Gasteiger partial charge in [-0.25, -0.2) is 0 Å². The summed E-state index contributed by atoms with van der Waals surface area (Å²) in [7, 11) is 0. The van der Waals surface area contributed by atoms with Gasteiger partial charge in [0.15, 0.2) is 6.29 Å². The Bertz CT molecular complexity index is 432. The maximum Gasteiger partial charge on any atom is 0.160 e. The molecule has 4 atom stereocenters. The van der Waals surface area contributed by atoms with Crippen LogP contribution in [-0.4, -0.2) is 36.3 Å². The number of aliphatic hydroxyl groups is 1. The monoisotopic (exact) mass is 406 g/mol. The number of hydrogen-bond donors (Lipinski definition) is 1. The van der Waals surface area contributed by atoms with E-state index < -0.39 is 6.10 Å². The molecule has 118 valence electrons. The molecule has 0 radical (unpaired) electrons. The van der Waals surface area contributed by atoms with Crippen molar-refractivity contribution < 1.29 is 19.3 Å². The number of hydrogen-bond acceptors (Lipinski definition) is 4. The van der Waals surface area contributed by atoms with E-state index in [0.717, 1.165) is 5.56 Å². The van der Waals surface area contributed by atoms with E-state index in [1.165, 1.54) is 3.57 Å². The first kappa shape index (κ1) is 17.1. The number of halogens is 1. The standard InChI is InChI=1S/C16H23IO4/c1-10(2)16-20-9-14(15(21-16)11(3)18)19-8-12-4-6-13(17)7-5-12/h4-7,10-11,14-16,18H,8-9H2,1-3H3/t11?,14-,15-,16+/m1/s1. The van der Waals surface area contributed by atoms with Gasteiger partial charge >= 0.3 is 0 Å². The van der Waals surface area contributed by atoms with E-state index in [9.17, 15) is 5.11 Å². The van der Waals surface area contributed by atoms with Gasteiger partial charge in [-0.15, -0.1) is 0 Å². The van der Waals surface area contributed by atoms with Crippen LogP contribution in [0.25, 0.3) is 0 Å². The van der Waals surface area contributed by atoms with E-state index in [1.807, 2.05) is 38.1 Å². The van der Waals surface area contributed by atoms with Gasteiger partial charge in [-0.1, -0.05) is 26.0 Å². The van der Waals surface area contributed by atoms with Crippen molar-refractivity contribution in [2.75, 3.05) is 6.61 Å². The molecule has 1 heterocycles. The first-order valence-electron chi connectivity index (χ1n) is 7.28. The van der Waals surface area contributed by atoms with Crippen LogP contribution in [0, 0.1) is 9.49 Å². The molecule has 0 saturated carbocycles. The predicted molar refractivity (Wildman–Crippen MR) is 88.9 cm³/mol. The molecule has 4 nitrogen and oxygen atoms in total. The fourth-order valence-electron chi connectivity index (χ4n) is 2.27. The third kappa shape index (κ3) is 4.89. The average molecular weight is 406 g/mol. The summed E-state index contributed by atoms with van der Waals surface area (Å²) in [6, 6.07) is 8.18. The molecule has 1 aliphatic heterocycles. The summed E-state index contributed by atoms with van der Waals surface area (Å²) >= 11 is 2.27. The molecule has 0 spiro atoms. The lowest BCUT2D eigenvalue weighted by molar-refractivity contribution is -0.291. The van der Waals surface area contributed by atoms with E-state index >= 15 is 0 Å². The van der Waals surface area contributed by atoms with Gasteiger partial charge in [-0.3, -0.25) is 0 Å². The number of aliphatic hydroxyl groups excluding tert-OH is 1. The van der Waals surface area contributed by atoms with Gasteiger partial charge in [0.25, 0.3) is 0 Å². The lowest BCUT2D eigenvalue weighted by Crippen LogP contribution is -2.51. The quantitative estimate of drug-likeness (QED) is 0.765. The largest absolute Gasteiger partial charge is 0.391 e. The van der Waals surface area contributed by atoms with Crippen LogP contribution in [0.5, 0.6) is 0 Å². The topological polar surface area (TPSA) is 47.9 Å². The van der Waals surface area contributed by atoms with Crippen LogP contribution in [-0.2, 0) is 20.8 Å². The summed E-state index contributed by atoms with van der Waals surface area (Å²) in [4.78, 5) is 0. The first-order chi connectivity index (χ1) is 9.97. The normalized spacial score (nSPS) is 27.8. The van der Waals surface area contributed by atoms with Crippen LogP contribution >= 0.6 is 22.6 Å². The summed E-state index contributed by atoms with van der Waals surface area (Å²) in [5, 5.41) is 9.92. The van der Waals surface area contributed by atoms with Crippen molar-refractivity contribution in [3.63, 3.8) is 0 Å². The highest BCUT2D eigenvalue weighted by atomic mass is 127. The molecule has 1 fully saturated rings. The van der Waals surface area contributed by atoms with Crippen LogP contribution in [0.1, 0.15) is 26.3 Å². The van der Waals surface area contributed by atoms with Crippen molar-refractivity contribution >= 4 is 22.6 Å². The van der Waals surface area contributed by atoms with Crippen molar-refractivity contribution in [1.82, 2.24) is 0 Å². The van der Waals surface area contributed by atoms with E-state index in [1.54, 1.807) is 6.92 Å². The highest BCUT2D eigenvalue weighted by molar-refractivity contribution is 14.1. The Hall–Kier alpha value is -0.210. The molecule has 0 bridgehead atoms. The van der Waals surface area contributed by atoms with Crippen LogP contribution in [0.15, 0.2) is 24.3 Å². The minimum Gasteiger partial charge on any atom is -0.391 e. The van der Waals surface area contributed by atoms with Gasteiger partial charge < -0.3 is 19.3 Å². The van der Waals surface area contributed by atoms with Crippen LogP contribution < -0.4 is 0 Å². The van der Waals surface area contributed by atoms with E-state index in [4.69, 9.17) is 14.2 Å². The summed E-state index contributed by atoms with van der Waals surface area (Å²) in [5.41, 5.74) is 1.10. The molecule has 1 aromatic carbocycles. The molecule has 1 saturated heterocycles. The Morgan fingerprint density at radius 1 is 1.29 bits per heavy atom. The van der Waals surface area contributed by atoms with Crippen LogP contribution in [0.3, 0.4) is 0 Å². The molecule has 0 aliphatic carbocycles. The van der Waals surface area contributed by atoms with Crippen LogP contribution in [0.2, 0.25) is 0 Å². The minimum absolute atomic E-state index is 0.251. The summed E-state index contributed by atoms with van der Waals surface area (Å²) < 4.78 is 18.6. The minimum atomic E-state index is -0.586. The Labute approximate surface area is 139 Å². The van der Waals surface area contributed by atoms with Crippen molar-refractivity contribution in [3.8, 4) is 0 Å². The molecule has 1 aromatic rings. The van der Waals surface area contributed by atoms with Gasteiger partial charge in [0.1, 0.15) is 12.2 Å². The zero-order valence-electron chi connectivity index (χ0n) is 12.7. The smallest absolute Gasteiger partial charge is 0.160 e. The molecular weight excluding hydrogens is 383 g/mol. The molecular formula is C16H23IO4. The van der Waals surface area contributed by atoms with Gasteiger partial charge in [0, 0.05) is 9.49 Å². The zero-order valence-corrected chi connectivity index (χ0v) is 14.8. The molecule has 0 amide bonds. The summed E-state index contributed by atoms with van der Waals surface area (Å²) in [6.45, 7) is 6.74. The number of rotatable bonds is 5. The fraction of sp³-hybridized carbons (Fsp3) is 0.625. The van der Waals surface area contributed by atoms with E-state index in [0.29, 0.717) is 13.2 Å². The fourth-order valence-corrected chi connectivity index (χ4v) is 2.63. The van der Waals surface area contributed by atoms with Gasteiger partial charge in [-0.05, 0) is 47.2 Å². The predicted octanol–water partition coefficient (Wildman–Crippen LogP) is 2.95. The molecule has 21 heavy (non-hydrogen) atoms. The SMILES string of the molecule is CC(C)[C@H]1OC[C@@H](OCc2ccc(I)cc2)[C@@H](C(C)O)O1. The Morgan fingerprint density at radius 2 is 1.95 bits per heavy atom. The molecule has 1 aliphatic rings. The second-order valence-corrected chi connectivity index (χ2v) is 7.01. The van der Waals surface area contributed by atoms with Crippen molar-refractivity contribution in [2.24, 2.45) is 5.92 Å². The highest BCUT2D eigenvalue weighted by Gasteiger charge is 2.36. The Kier molecular flexibility index (Phi) is 6.43. The number of ether oxygens (including phenoxy) is 3. The third-order valence-electron chi connectivity index (χ3n) is 3.48. The first-order valence-corrected chi connectivity index (χ1v) is 8.36. The Balaban J connectivity index is 1.93. The van der Waals surface area contributed by atoms with Gasteiger partial charge in [-0.2, -0.15) is 0 Å². The van der Waals surface area contributed by atoms with Gasteiger partial charge in [0.2, 0.25) is 0 Å². The van der Waals surface area contributed by atoms with Crippen molar-refractivity contribution in [2.45, 2.75) is 52.0 Å². The molecule has 1 N–H and O–H groups in total. The van der Waals surface area contributed by atoms with Crippen molar-refractivity contribution in [1.29, 1.82) is 0 Å². The maximum absolute atomic E-state index is 9.92. The zero-order chi connectivity index (χ0) is 15.4. The second kappa shape index (κ2) is 7.87.